The summed E-state index contributed by atoms with van der Waals surface area (Å²) in [5.74, 6) is 0.880. The molecule has 27 heavy (non-hydrogen) atoms. The highest BCUT2D eigenvalue weighted by atomic mass is 16.5. The van der Waals surface area contributed by atoms with Crippen LogP contribution in [-0.2, 0) is 9.59 Å². The van der Waals surface area contributed by atoms with Gasteiger partial charge in [-0.25, -0.2) is 0 Å². The quantitative estimate of drug-likeness (QED) is 0.726. The number of rotatable bonds is 7. The highest BCUT2D eigenvalue weighted by Gasteiger charge is 2.07. The molecule has 2 aromatic carbocycles. The maximum absolute atomic E-state index is 12.1. The summed E-state index contributed by atoms with van der Waals surface area (Å²) in [4.78, 5) is 23.8. The molecule has 0 aliphatic heterocycles. The second kappa shape index (κ2) is 9.43. The smallest absolute Gasteiger partial charge is 0.248 e. The predicted molar refractivity (Wildman–Crippen MR) is 107 cm³/mol. The highest BCUT2D eigenvalue weighted by Crippen LogP contribution is 2.23. The zero-order valence-corrected chi connectivity index (χ0v) is 15.9. The van der Waals surface area contributed by atoms with Crippen LogP contribution in [0.15, 0.2) is 48.5 Å². The van der Waals surface area contributed by atoms with Gasteiger partial charge in [0.05, 0.1) is 14.2 Å². The normalized spacial score (nSPS) is 10.7. The Morgan fingerprint density at radius 1 is 0.889 bits per heavy atom. The molecule has 2 rings (SSSR count). The van der Waals surface area contributed by atoms with Crippen LogP contribution < -0.4 is 20.1 Å². The number of benzene rings is 2. The lowest BCUT2D eigenvalue weighted by atomic mass is 10.2. The SMILES string of the molecule is COc1cc(/C=C/C(=O)Nc2ccc(NC(=O)C(C)C)cc2)cc(OC)c1. The van der Waals surface area contributed by atoms with Crippen LogP contribution in [0.2, 0.25) is 0 Å². The Balaban J connectivity index is 1.99. The van der Waals surface area contributed by atoms with Gasteiger partial charge < -0.3 is 20.1 Å². The fraction of sp³-hybridized carbons (Fsp3) is 0.238. The first-order valence-electron chi connectivity index (χ1n) is 8.54. The second-order valence-corrected chi connectivity index (χ2v) is 6.19. The Bertz CT molecular complexity index is 804. The number of nitrogens with one attached hydrogen (secondary N) is 2. The molecule has 0 saturated carbocycles. The van der Waals surface area contributed by atoms with E-state index in [1.807, 2.05) is 13.8 Å². The molecule has 0 unspecified atom stereocenters. The van der Waals surface area contributed by atoms with Gasteiger partial charge in [-0.05, 0) is 48.0 Å². The number of methoxy groups -OCH3 is 2. The van der Waals surface area contributed by atoms with Crippen molar-refractivity contribution in [3.8, 4) is 11.5 Å². The van der Waals surface area contributed by atoms with Gasteiger partial charge in [0.1, 0.15) is 11.5 Å². The standard InChI is InChI=1S/C21H24N2O4/c1-14(2)21(25)23-17-8-6-16(7-9-17)22-20(24)10-5-15-11-18(26-3)13-19(12-15)27-4/h5-14H,1-4H3,(H,22,24)(H,23,25)/b10-5+. The van der Waals surface area contributed by atoms with Crippen LogP contribution in [0, 0.1) is 5.92 Å². The molecule has 6 nitrogen and oxygen atoms in total. The molecule has 0 aromatic heterocycles. The van der Waals surface area contributed by atoms with Crippen LogP contribution in [0.25, 0.3) is 6.08 Å². The van der Waals surface area contributed by atoms with Crippen molar-refractivity contribution in [2.24, 2.45) is 5.92 Å². The number of carbonyl (C=O) groups excluding carboxylic acids is 2. The molecule has 2 N–H and O–H groups in total. The third kappa shape index (κ3) is 6.18. The molecule has 0 bridgehead atoms. The molecule has 2 aromatic rings. The fourth-order valence-corrected chi connectivity index (χ4v) is 2.20. The van der Waals surface area contributed by atoms with Crippen LogP contribution in [-0.4, -0.2) is 26.0 Å². The summed E-state index contributed by atoms with van der Waals surface area (Å²) in [6, 6.07) is 12.3. The van der Waals surface area contributed by atoms with E-state index in [1.54, 1.807) is 62.8 Å². The first-order valence-corrected chi connectivity index (χ1v) is 8.54. The first-order chi connectivity index (χ1) is 12.9. The number of anilines is 2. The lowest BCUT2D eigenvalue weighted by Crippen LogP contribution is -2.17. The minimum absolute atomic E-state index is 0.0524. The Morgan fingerprint density at radius 3 is 1.89 bits per heavy atom. The average Bonchev–Trinajstić information content (AvgIpc) is 2.67. The number of carbonyl (C=O) groups is 2. The molecular weight excluding hydrogens is 344 g/mol. The monoisotopic (exact) mass is 368 g/mol. The summed E-state index contributed by atoms with van der Waals surface area (Å²) >= 11 is 0. The number of hydrogen-bond acceptors (Lipinski definition) is 4. The number of ether oxygens (including phenoxy) is 2. The van der Waals surface area contributed by atoms with Gasteiger partial charge in [-0.3, -0.25) is 9.59 Å². The van der Waals surface area contributed by atoms with Crippen molar-refractivity contribution in [3.05, 3.63) is 54.1 Å². The van der Waals surface area contributed by atoms with Gasteiger partial charge in [0.2, 0.25) is 11.8 Å². The Labute approximate surface area is 159 Å². The molecule has 0 saturated heterocycles. The van der Waals surface area contributed by atoms with Crippen molar-refractivity contribution in [1.29, 1.82) is 0 Å². The van der Waals surface area contributed by atoms with Crippen LogP contribution in [0.5, 0.6) is 11.5 Å². The maximum atomic E-state index is 12.1. The molecule has 0 heterocycles. The van der Waals surface area contributed by atoms with E-state index in [0.29, 0.717) is 22.9 Å². The molecule has 142 valence electrons. The lowest BCUT2D eigenvalue weighted by Gasteiger charge is -2.08. The molecular formula is C21H24N2O4. The van der Waals surface area contributed by atoms with Gasteiger partial charge in [-0.2, -0.15) is 0 Å². The summed E-state index contributed by atoms with van der Waals surface area (Å²) < 4.78 is 10.4. The maximum Gasteiger partial charge on any atom is 0.248 e. The molecule has 6 heteroatoms. The van der Waals surface area contributed by atoms with Gasteiger partial charge in [-0.15, -0.1) is 0 Å². The molecule has 2 amide bonds. The molecule has 0 aliphatic rings. The Hall–Kier alpha value is -3.28. The van der Waals surface area contributed by atoms with E-state index in [-0.39, 0.29) is 17.7 Å². The third-order valence-corrected chi connectivity index (χ3v) is 3.75. The third-order valence-electron chi connectivity index (χ3n) is 3.75. The van der Waals surface area contributed by atoms with Crippen LogP contribution >= 0.6 is 0 Å². The van der Waals surface area contributed by atoms with E-state index >= 15 is 0 Å². The second-order valence-electron chi connectivity index (χ2n) is 6.19. The summed E-state index contributed by atoms with van der Waals surface area (Å²) in [5, 5.41) is 5.57. The summed E-state index contributed by atoms with van der Waals surface area (Å²) in [6.45, 7) is 3.66. The van der Waals surface area contributed by atoms with Gasteiger partial charge in [-0.1, -0.05) is 13.8 Å². The largest absolute Gasteiger partial charge is 0.497 e. The lowest BCUT2D eigenvalue weighted by molar-refractivity contribution is -0.119. The summed E-state index contributed by atoms with van der Waals surface area (Å²) in [6.07, 6.45) is 3.11. The number of amides is 2. The molecule has 0 fully saturated rings. The molecule has 0 atom stereocenters. The molecule has 0 radical (unpaired) electrons. The average molecular weight is 368 g/mol. The molecule has 0 aliphatic carbocycles. The van der Waals surface area contributed by atoms with Gasteiger partial charge in [0.15, 0.2) is 0 Å². The van der Waals surface area contributed by atoms with Crippen molar-refractivity contribution >= 4 is 29.3 Å². The topological polar surface area (TPSA) is 76.7 Å². The van der Waals surface area contributed by atoms with E-state index in [1.165, 1.54) is 6.08 Å². The van der Waals surface area contributed by atoms with Crippen molar-refractivity contribution in [2.45, 2.75) is 13.8 Å². The van der Waals surface area contributed by atoms with E-state index in [0.717, 1.165) is 5.56 Å². The van der Waals surface area contributed by atoms with Crippen molar-refractivity contribution in [1.82, 2.24) is 0 Å². The Kier molecular flexibility index (Phi) is 7.00. The van der Waals surface area contributed by atoms with Crippen molar-refractivity contribution < 1.29 is 19.1 Å². The van der Waals surface area contributed by atoms with Gasteiger partial charge in [0.25, 0.3) is 0 Å². The van der Waals surface area contributed by atoms with Gasteiger partial charge in [0, 0.05) is 29.4 Å². The van der Waals surface area contributed by atoms with Crippen LogP contribution in [0.3, 0.4) is 0 Å². The highest BCUT2D eigenvalue weighted by molar-refractivity contribution is 6.02. The first kappa shape index (κ1) is 20.0. The zero-order valence-electron chi connectivity index (χ0n) is 15.9. The van der Waals surface area contributed by atoms with E-state index in [9.17, 15) is 9.59 Å². The van der Waals surface area contributed by atoms with Crippen LogP contribution in [0.4, 0.5) is 11.4 Å². The molecule has 0 spiro atoms. The zero-order chi connectivity index (χ0) is 19.8. The Morgan fingerprint density at radius 2 is 1.41 bits per heavy atom. The van der Waals surface area contributed by atoms with E-state index in [4.69, 9.17) is 9.47 Å². The minimum Gasteiger partial charge on any atom is -0.497 e. The van der Waals surface area contributed by atoms with E-state index < -0.39 is 0 Å². The van der Waals surface area contributed by atoms with Crippen molar-refractivity contribution in [2.75, 3.05) is 24.9 Å². The van der Waals surface area contributed by atoms with E-state index in [2.05, 4.69) is 10.6 Å². The summed E-state index contributed by atoms with van der Waals surface area (Å²) in [7, 11) is 3.14. The number of hydrogen-bond donors (Lipinski definition) is 2. The summed E-state index contributed by atoms with van der Waals surface area (Å²) in [5.41, 5.74) is 2.11. The minimum atomic E-state index is -0.268. The van der Waals surface area contributed by atoms with Crippen molar-refractivity contribution in [3.63, 3.8) is 0 Å². The fourth-order valence-electron chi connectivity index (χ4n) is 2.20. The predicted octanol–water partition coefficient (Wildman–Crippen LogP) is 3.95. The van der Waals surface area contributed by atoms with Crippen LogP contribution in [0.1, 0.15) is 19.4 Å². The van der Waals surface area contributed by atoms with Gasteiger partial charge >= 0.3 is 0 Å².